The van der Waals surface area contributed by atoms with Gasteiger partial charge < -0.3 is 9.64 Å². The minimum atomic E-state index is -0.116. The highest BCUT2D eigenvalue weighted by atomic mass is 16.6. The van der Waals surface area contributed by atoms with Crippen molar-refractivity contribution in [2.75, 3.05) is 13.2 Å². The van der Waals surface area contributed by atoms with Gasteiger partial charge in [-0.15, -0.1) is 0 Å². The number of hydrogen-bond donors (Lipinski definition) is 0. The third-order valence-corrected chi connectivity index (χ3v) is 2.49. The molecule has 2 heterocycles. The zero-order valence-corrected chi connectivity index (χ0v) is 6.04. The summed E-state index contributed by atoms with van der Waals surface area (Å²) in [5.74, 6) is 0.631. The van der Waals surface area contributed by atoms with Gasteiger partial charge in [-0.25, -0.2) is 4.79 Å². The Hall–Kier alpha value is -0.730. The summed E-state index contributed by atoms with van der Waals surface area (Å²) < 4.78 is 4.88. The fourth-order valence-electron chi connectivity index (χ4n) is 1.73. The fourth-order valence-corrected chi connectivity index (χ4v) is 1.73. The zero-order valence-electron chi connectivity index (χ0n) is 6.04. The Morgan fingerprint density at radius 2 is 2.50 bits per heavy atom. The third kappa shape index (κ3) is 0.632. The Balaban J connectivity index is 2.16. The summed E-state index contributed by atoms with van der Waals surface area (Å²) >= 11 is 0. The van der Waals surface area contributed by atoms with Crippen molar-refractivity contribution in [3.05, 3.63) is 0 Å². The second-order valence-corrected chi connectivity index (χ2v) is 3.10. The minimum Gasteiger partial charge on any atom is -0.447 e. The predicted octanol–water partition coefficient (Wildman–Crippen LogP) is 0.847. The van der Waals surface area contributed by atoms with Crippen LogP contribution in [0.25, 0.3) is 0 Å². The average molecular weight is 141 g/mol. The van der Waals surface area contributed by atoms with Crippen LogP contribution in [0, 0.1) is 5.92 Å². The number of nitrogens with zero attached hydrogens (tertiary/aromatic N) is 1. The van der Waals surface area contributed by atoms with Crippen LogP contribution in [0.15, 0.2) is 0 Å². The number of cyclic esters (lactones) is 1. The number of rotatable bonds is 0. The lowest BCUT2D eigenvalue weighted by Crippen LogP contribution is -2.29. The van der Waals surface area contributed by atoms with E-state index in [0.717, 1.165) is 13.0 Å². The smallest absolute Gasteiger partial charge is 0.410 e. The lowest BCUT2D eigenvalue weighted by Gasteiger charge is -2.12. The van der Waals surface area contributed by atoms with Crippen LogP contribution < -0.4 is 0 Å². The highest BCUT2D eigenvalue weighted by Gasteiger charge is 2.40. The number of hydrogen-bond acceptors (Lipinski definition) is 2. The number of ether oxygens (including phenoxy) is 1. The lowest BCUT2D eigenvalue weighted by molar-refractivity contribution is 0.159. The first-order valence-corrected chi connectivity index (χ1v) is 3.72. The third-order valence-electron chi connectivity index (χ3n) is 2.49. The van der Waals surface area contributed by atoms with Crippen LogP contribution in [0.5, 0.6) is 0 Å². The van der Waals surface area contributed by atoms with Gasteiger partial charge in [-0.2, -0.15) is 0 Å². The summed E-state index contributed by atoms with van der Waals surface area (Å²) in [6, 6.07) is 0.382. The first-order chi connectivity index (χ1) is 4.79. The molecule has 1 amide bonds. The maximum atomic E-state index is 10.9. The molecule has 2 fully saturated rings. The van der Waals surface area contributed by atoms with Crippen LogP contribution in [0.2, 0.25) is 0 Å². The molecule has 2 aliphatic rings. The van der Waals surface area contributed by atoms with E-state index in [-0.39, 0.29) is 6.09 Å². The molecule has 2 aliphatic heterocycles. The molecule has 56 valence electrons. The van der Waals surface area contributed by atoms with Gasteiger partial charge >= 0.3 is 6.09 Å². The topological polar surface area (TPSA) is 29.5 Å². The number of fused-ring (bicyclic) bond motifs is 1. The molecular weight excluding hydrogens is 130 g/mol. The molecule has 3 nitrogen and oxygen atoms in total. The van der Waals surface area contributed by atoms with E-state index in [1.54, 1.807) is 0 Å². The number of carbonyl (C=O) groups is 1. The van der Waals surface area contributed by atoms with Gasteiger partial charge in [0.1, 0.15) is 6.61 Å². The van der Waals surface area contributed by atoms with Gasteiger partial charge in [-0.05, 0) is 12.3 Å². The molecular formula is C7H11NO2. The van der Waals surface area contributed by atoms with Crippen molar-refractivity contribution in [2.24, 2.45) is 5.92 Å². The van der Waals surface area contributed by atoms with E-state index in [1.807, 2.05) is 4.90 Å². The van der Waals surface area contributed by atoms with Gasteiger partial charge in [0, 0.05) is 6.54 Å². The maximum absolute atomic E-state index is 10.9. The molecule has 2 atom stereocenters. The van der Waals surface area contributed by atoms with Gasteiger partial charge in [0.2, 0.25) is 0 Å². The van der Waals surface area contributed by atoms with Crippen LogP contribution in [0.3, 0.4) is 0 Å². The van der Waals surface area contributed by atoms with E-state index in [2.05, 4.69) is 6.92 Å². The molecule has 0 aromatic heterocycles. The second-order valence-electron chi connectivity index (χ2n) is 3.10. The van der Waals surface area contributed by atoms with Gasteiger partial charge in [0.25, 0.3) is 0 Å². The van der Waals surface area contributed by atoms with Crippen molar-refractivity contribution in [1.29, 1.82) is 0 Å². The molecule has 2 saturated heterocycles. The van der Waals surface area contributed by atoms with Crippen molar-refractivity contribution < 1.29 is 9.53 Å². The molecule has 3 heteroatoms. The van der Waals surface area contributed by atoms with Crippen molar-refractivity contribution in [1.82, 2.24) is 4.90 Å². The molecule has 10 heavy (non-hydrogen) atoms. The van der Waals surface area contributed by atoms with Gasteiger partial charge in [-0.1, -0.05) is 6.92 Å². The molecule has 0 saturated carbocycles. The maximum Gasteiger partial charge on any atom is 0.410 e. The van der Waals surface area contributed by atoms with Gasteiger partial charge in [0.05, 0.1) is 6.04 Å². The van der Waals surface area contributed by atoms with Crippen LogP contribution in [-0.4, -0.2) is 30.2 Å². The molecule has 0 radical (unpaired) electrons. The minimum absolute atomic E-state index is 0.116. The van der Waals surface area contributed by atoms with E-state index in [0.29, 0.717) is 18.6 Å². The molecule has 0 spiro atoms. The second kappa shape index (κ2) is 1.87. The molecule has 0 unspecified atom stereocenters. The Morgan fingerprint density at radius 1 is 1.70 bits per heavy atom. The SMILES string of the molecule is C[C@H]1CCN2C(=O)OC[C@@H]12. The molecule has 2 rings (SSSR count). The summed E-state index contributed by atoms with van der Waals surface area (Å²) in [5.41, 5.74) is 0. The van der Waals surface area contributed by atoms with Crippen molar-refractivity contribution >= 4 is 6.09 Å². The van der Waals surface area contributed by atoms with E-state index in [4.69, 9.17) is 4.74 Å². The number of amides is 1. The molecule has 0 aromatic rings. The summed E-state index contributed by atoms with van der Waals surface area (Å²) in [4.78, 5) is 12.7. The highest BCUT2D eigenvalue weighted by Crippen LogP contribution is 2.28. The summed E-state index contributed by atoms with van der Waals surface area (Å²) in [7, 11) is 0. The summed E-state index contributed by atoms with van der Waals surface area (Å²) in [5, 5.41) is 0. The first-order valence-electron chi connectivity index (χ1n) is 3.72. The standard InChI is InChI=1S/C7H11NO2/c1-5-2-3-8-6(5)4-10-7(8)9/h5-6H,2-4H2,1H3/t5-,6-/m0/s1. The van der Waals surface area contributed by atoms with Gasteiger partial charge in [-0.3, -0.25) is 0 Å². The number of carbonyl (C=O) groups excluding carboxylic acids is 1. The Labute approximate surface area is 60.0 Å². The fraction of sp³-hybridized carbons (Fsp3) is 0.857. The zero-order chi connectivity index (χ0) is 7.14. The average Bonchev–Trinajstić information content (AvgIpc) is 2.41. The monoisotopic (exact) mass is 141 g/mol. The normalized spacial score (nSPS) is 38.1. The van der Waals surface area contributed by atoms with Crippen LogP contribution in [0.4, 0.5) is 4.79 Å². The van der Waals surface area contributed by atoms with E-state index in [1.165, 1.54) is 0 Å². The molecule has 0 bridgehead atoms. The van der Waals surface area contributed by atoms with E-state index in [9.17, 15) is 4.79 Å². The van der Waals surface area contributed by atoms with Crippen LogP contribution >= 0.6 is 0 Å². The van der Waals surface area contributed by atoms with E-state index < -0.39 is 0 Å². The molecule has 0 aliphatic carbocycles. The molecule has 0 N–H and O–H groups in total. The van der Waals surface area contributed by atoms with E-state index >= 15 is 0 Å². The quantitative estimate of drug-likeness (QED) is 0.500. The van der Waals surface area contributed by atoms with Crippen molar-refractivity contribution in [2.45, 2.75) is 19.4 Å². The Bertz CT molecular complexity index is 169. The first kappa shape index (κ1) is 6.01. The summed E-state index contributed by atoms with van der Waals surface area (Å²) in [6.45, 7) is 3.68. The Kier molecular flexibility index (Phi) is 1.13. The van der Waals surface area contributed by atoms with Crippen molar-refractivity contribution in [3.63, 3.8) is 0 Å². The van der Waals surface area contributed by atoms with Crippen molar-refractivity contribution in [3.8, 4) is 0 Å². The molecule has 0 aromatic carbocycles. The lowest BCUT2D eigenvalue weighted by atomic mass is 10.0. The predicted molar refractivity (Wildman–Crippen MR) is 35.6 cm³/mol. The van der Waals surface area contributed by atoms with Crippen LogP contribution in [0.1, 0.15) is 13.3 Å². The van der Waals surface area contributed by atoms with Gasteiger partial charge in [0.15, 0.2) is 0 Å². The summed E-state index contributed by atoms with van der Waals surface area (Å²) in [6.07, 6.45) is 1.02. The highest BCUT2D eigenvalue weighted by molar-refractivity contribution is 5.70. The largest absolute Gasteiger partial charge is 0.447 e. The Morgan fingerprint density at radius 3 is 3.20 bits per heavy atom. The van der Waals surface area contributed by atoms with Crippen LogP contribution in [-0.2, 0) is 4.74 Å².